The molecule has 0 amide bonds. The molecular weight excluding hydrogens is 292 g/mol. The Balaban J connectivity index is 1.69. The first kappa shape index (κ1) is 13.3. The van der Waals surface area contributed by atoms with Gasteiger partial charge in [0.2, 0.25) is 5.65 Å². The van der Waals surface area contributed by atoms with Gasteiger partial charge >= 0.3 is 0 Å². The van der Waals surface area contributed by atoms with E-state index in [1.54, 1.807) is 6.07 Å². The van der Waals surface area contributed by atoms with E-state index in [9.17, 15) is 0 Å². The molecule has 0 N–H and O–H groups in total. The highest BCUT2D eigenvalue weighted by atomic mass is 35.5. The maximum Gasteiger partial charge on any atom is 0.300 e. The summed E-state index contributed by atoms with van der Waals surface area (Å²) in [5.74, 6) is 0. The summed E-state index contributed by atoms with van der Waals surface area (Å²) in [6.07, 6.45) is 1.30. The van der Waals surface area contributed by atoms with E-state index in [2.05, 4.69) is 26.8 Å². The fourth-order valence-corrected chi connectivity index (χ4v) is 3.32. The molecule has 0 saturated carbocycles. The van der Waals surface area contributed by atoms with Crippen molar-refractivity contribution in [2.24, 2.45) is 0 Å². The Morgan fingerprint density at radius 2 is 2.19 bits per heavy atom. The van der Waals surface area contributed by atoms with Gasteiger partial charge in [0.05, 0.1) is 18.8 Å². The second-order valence-electron chi connectivity index (χ2n) is 5.67. The molecule has 2 atom stereocenters. The molecule has 2 aliphatic heterocycles. The lowest BCUT2D eigenvalue weighted by molar-refractivity contribution is -0.0259. The van der Waals surface area contributed by atoms with Crippen LogP contribution in [0.25, 0.3) is 11.2 Å². The van der Waals surface area contributed by atoms with Crippen LogP contribution in [0, 0.1) is 0 Å². The quantitative estimate of drug-likeness (QED) is 0.749. The second kappa shape index (κ2) is 5.12. The van der Waals surface area contributed by atoms with Crippen LogP contribution >= 0.6 is 11.6 Å². The van der Waals surface area contributed by atoms with Crippen LogP contribution in [0.4, 0.5) is 6.01 Å². The van der Waals surface area contributed by atoms with Gasteiger partial charge in [0.1, 0.15) is 5.15 Å². The van der Waals surface area contributed by atoms with Crippen LogP contribution < -0.4 is 4.90 Å². The van der Waals surface area contributed by atoms with Crippen molar-refractivity contribution in [1.82, 2.24) is 14.9 Å². The number of pyridine rings is 1. The number of oxazole rings is 1. The van der Waals surface area contributed by atoms with E-state index in [-0.39, 0.29) is 12.1 Å². The predicted octanol–water partition coefficient (Wildman–Crippen LogP) is 1.79. The fraction of sp³-hybridized carbons (Fsp3) is 0.571. The minimum Gasteiger partial charge on any atom is -0.422 e. The smallest absolute Gasteiger partial charge is 0.300 e. The summed E-state index contributed by atoms with van der Waals surface area (Å²) in [6.45, 7) is 3.52. The van der Waals surface area contributed by atoms with Crippen molar-refractivity contribution in [2.75, 3.05) is 38.2 Å². The summed E-state index contributed by atoms with van der Waals surface area (Å²) >= 11 is 5.91. The Labute approximate surface area is 127 Å². The molecule has 21 heavy (non-hydrogen) atoms. The Morgan fingerprint density at radius 1 is 1.29 bits per heavy atom. The highest BCUT2D eigenvalue weighted by Gasteiger charge is 2.38. The number of ether oxygens (including phenoxy) is 1. The summed E-state index contributed by atoms with van der Waals surface area (Å²) in [6, 6.07) is 4.43. The second-order valence-corrected chi connectivity index (χ2v) is 6.06. The third kappa shape index (κ3) is 2.37. The van der Waals surface area contributed by atoms with Crippen molar-refractivity contribution >= 4 is 28.8 Å². The molecule has 2 aromatic rings. The molecule has 0 aliphatic carbocycles. The first-order chi connectivity index (χ1) is 10.2. The Hall–Kier alpha value is -1.37. The Kier molecular flexibility index (Phi) is 3.24. The predicted molar refractivity (Wildman–Crippen MR) is 79.8 cm³/mol. The van der Waals surface area contributed by atoms with Gasteiger partial charge in [-0.15, -0.1) is 0 Å². The molecule has 0 radical (unpaired) electrons. The van der Waals surface area contributed by atoms with Crippen molar-refractivity contribution in [2.45, 2.75) is 18.6 Å². The topological polar surface area (TPSA) is 54.6 Å². The third-order valence-electron chi connectivity index (χ3n) is 4.24. The molecule has 0 spiro atoms. The van der Waals surface area contributed by atoms with Crippen LogP contribution in [-0.4, -0.2) is 60.3 Å². The molecule has 4 heterocycles. The summed E-state index contributed by atoms with van der Waals surface area (Å²) in [5.41, 5.74) is 1.23. The number of likely N-dealkylation sites (N-methyl/N-ethyl adjacent to an activating group) is 1. The standard InChI is InChI=1S/C14H17ClN4O2/c1-18-5-4-10-9(8-18)19(6-7-20-10)14-17-13-11(21-14)2-3-12(15)16-13/h2-3,9-10H,4-8H2,1H3. The zero-order valence-corrected chi connectivity index (χ0v) is 12.6. The van der Waals surface area contributed by atoms with Crippen molar-refractivity contribution in [1.29, 1.82) is 0 Å². The maximum absolute atomic E-state index is 5.91. The first-order valence-corrected chi connectivity index (χ1v) is 7.58. The van der Waals surface area contributed by atoms with Crippen LogP contribution in [0.15, 0.2) is 16.5 Å². The molecule has 0 bridgehead atoms. The van der Waals surface area contributed by atoms with Gasteiger partial charge in [-0.05, 0) is 25.6 Å². The molecule has 2 unspecified atom stereocenters. The van der Waals surface area contributed by atoms with Crippen molar-refractivity contribution in [3.63, 3.8) is 0 Å². The number of nitrogens with zero attached hydrogens (tertiary/aromatic N) is 4. The number of anilines is 1. The highest BCUT2D eigenvalue weighted by Crippen LogP contribution is 2.29. The van der Waals surface area contributed by atoms with Crippen LogP contribution in [0.5, 0.6) is 0 Å². The third-order valence-corrected chi connectivity index (χ3v) is 4.45. The summed E-state index contributed by atoms with van der Waals surface area (Å²) in [7, 11) is 2.14. The molecule has 2 aromatic heterocycles. The Morgan fingerprint density at radius 3 is 3.10 bits per heavy atom. The van der Waals surface area contributed by atoms with Crippen LogP contribution in [0.2, 0.25) is 5.15 Å². The lowest BCUT2D eigenvalue weighted by Gasteiger charge is -2.45. The van der Waals surface area contributed by atoms with Gasteiger partial charge in [0.15, 0.2) is 5.58 Å². The van der Waals surface area contributed by atoms with E-state index in [4.69, 9.17) is 20.8 Å². The molecule has 2 saturated heterocycles. The summed E-state index contributed by atoms with van der Waals surface area (Å²) < 4.78 is 11.8. The zero-order valence-electron chi connectivity index (χ0n) is 11.8. The van der Waals surface area contributed by atoms with Gasteiger partial charge in [-0.3, -0.25) is 0 Å². The van der Waals surface area contributed by atoms with Crippen LogP contribution in [0.1, 0.15) is 6.42 Å². The number of aromatic nitrogens is 2. The fourth-order valence-electron chi connectivity index (χ4n) is 3.17. The van der Waals surface area contributed by atoms with Gasteiger partial charge in [-0.25, -0.2) is 4.98 Å². The van der Waals surface area contributed by atoms with Crippen LogP contribution in [0.3, 0.4) is 0 Å². The van der Waals surface area contributed by atoms with Crippen molar-refractivity contribution in [3.05, 3.63) is 17.3 Å². The zero-order chi connectivity index (χ0) is 14.4. The Bertz CT molecular complexity index is 661. The van der Waals surface area contributed by atoms with Gasteiger partial charge in [-0.1, -0.05) is 11.6 Å². The summed E-state index contributed by atoms with van der Waals surface area (Å²) in [4.78, 5) is 13.2. The first-order valence-electron chi connectivity index (χ1n) is 7.20. The van der Waals surface area contributed by atoms with E-state index in [1.165, 1.54) is 0 Å². The number of rotatable bonds is 1. The molecular formula is C14H17ClN4O2. The number of piperidine rings is 1. The highest BCUT2D eigenvalue weighted by molar-refractivity contribution is 6.29. The number of likely N-dealkylation sites (tertiary alicyclic amines) is 1. The average molecular weight is 309 g/mol. The van der Waals surface area contributed by atoms with E-state index >= 15 is 0 Å². The van der Waals surface area contributed by atoms with Gasteiger partial charge in [0, 0.05) is 19.6 Å². The monoisotopic (exact) mass is 308 g/mol. The minimum atomic E-state index is 0.251. The molecule has 112 valence electrons. The molecule has 0 aromatic carbocycles. The average Bonchev–Trinajstić information content (AvgIpc) is 2.89. The van der Waals surface area contributed by atoms with Crippen LogP contribution in [-0.2, 0) is 4.74 Å². The van der Waals surface area contributed by atoms with E-state index < -0.39 is 0 Å². The largest absolute Gasteiger partial charge is 0.422 e. The van der Waals surface area contributed by atoms with Crippen molar-refractivity contribution in [3.8, 4) is 0 Å². The number of fused-ring (bicyclic) bond motifs is 2. The van der Waals surface area contributed by atoms with Gasteiger partial charge in [-0.2, -0.15) is 4.98 Å². The van der Waals surface area contributed by atoms with Gasteiger partial charge < -0.3 is 19.0 Å². The van der Waals surface area contributed by atoms with E-state index in [0.717, 1.165) is 26.1 Å². The van der Waals surface area contributed by atoms with Gasteiger partial charge in [0.25, 0.3) is 6.01 Å². The molecule has 2 aliphatic rings. The number of hydrogen-bond acceptors (Lipinski definition) is 6. The van der Waals surface area contributed by atoms with E-state index in [0.29, 0.717) is 29.0 Å². The molecule has 2 fully saturated rings. The van der Waals surface area contributed by atoms with E-state index in [1.807, 2.05) is 6.07 Å². The number of morpholine rings is 1. The lowest BCUT2D eigenvalue weighted by Crippen LogP contribution is -2.59. The normalized spacial score (nSPS) is 27.0. The molecule has 6 nitrogen and oxygen atoms in total. The SMILES string of the molecule is CN1CCC2OCCN(c3nc4nc(Cl)ccc4o3)C2C1. The minimum absolute atomic E-state index is 0.251. The number of halogens is 1. The number of hydrogen-bond donors (Lipinski definition) is 0. The molecule has 7 heteroatoms. The molecule has 4 rings (SSSR count). The van der Waals surface area contributed by atoms with Crippen molar-refractivity contribution < 1.29 is 9.15 Å². The lowest BCUT2D eigenvalue weighted by atomic mass is 9.99. The maximum atomic E-state index is 5.91. The summed E-state index contributed by atoms with van der Waals surface area (Å²) in [5, 5.41) is 0.430.